The number of aromatic nitrogens is 1. The van der Waals surface area contributed by atoms with Crippen LogP contribution < -0.4 is 4.74 Å². The summed E-state index contributed by atoms with van der Waals surface area (Å²) in [5.74, 6) is 0.923. The van der Waals surface area contributed by atoms with Crippen LogP contribution in [0.15, 0.2) is 48.5 Å². The van der Waals surface area contributed by atoms with E-state index < -0.39 is 0 Å². The molecule has 2 heterocycles. The molecule has 6 heteroatoms. The zero-order valence-corrected chi connectivity index (χ0v) is 21.1. The van der Waals surface area contributed by atoms with Crippen molar-refractivity contribution in [1.82, 2.24) is 9.88 Å². The fourth-order valence-electron chi connectivity index (χ4n) is 5.52. The number of piperidine rings is 1. The first kappa shape index (κ1) is 24.0. The van der Waals surface area contributed by atoms with E-state index in [0.29, 0.717) is 31.8 Å². The van der Waals surface area contributed by atoms with E-state index in [9.17, 15) is 9.59 Å². The molecule has 1 unspecified atom stereocenters. The highest BCUT2D eigenvalue weighted by molar-refractivity contribution is 6.09. The fraction of sp³-hybridized carbons (Fsp3) is 0.367. The third kappa shape index (κ3) is 4.60. The number of ether oxygens (including phenoxy) is 2. The molecular formula is C30H32N2O4. The number of pyridine rings is 1. The predicted octanol–water partition coefficient (Wildman–Crippen LogP) is 5.39. The quantitative estimate of drug-likeness (QED) is 0.465. The van der Waals surface area contributed by atoms with Crippen LogP contribution in [-0.2, 0) is 16.0 Å². The van der Waals surface area contributed by atoms with Gasteiger partial charge in [0.05, 0.1) is 36.9 Å². The van der Waals surface area contributed by atoms with Gasteiger partial charge in [-0.25, -0.2) is 4.98 Å². The smallest absolute Gasteiger partial charge is 0.308 e. The molecule has 0 saturated carbocycles. The minimum atomic E-state index is -0.184. The number of fused-ring (bicyclic) bond motifs is 2. The van der Waals surface area contributed by atoms with Crippen molar-refractivity contribution >= 4 is 34.4 Å². The van der Waals surface area contributed by atoms with Gasteiger partial charge in [0.15, 0.2) is 0 Å². The molecular weight excluding hydrogens is 452 g/mol. The zero-order chi connectivity index (χ0) is 25.2. The number of carbonyl (C=O) groups excluding carboxylic acids is 2. The van der Waals surface area contributed by atoms with Crippen molar-refractivity contribution in [2.75, 3.05) is 27.3 Å². The minimum absolute atomic E-state index is 0.0334. The molecule has 2 aliphatic rings. The van der Waals surface area contributed by atoms with Crippen molar-refractivity contribution in [3.8, 4) is 5.75 Å². The molecule has 1 aromatic heterocycles. The minimum Gasteiger partial charge on any atom is -0.497 e. The van der Waals surface area contributed by atoms with E-state index in [1.807, 2.05) is 53.4 Å². The molecule has 6 nitrogen and oxygen atoms in total. The average molecular weight is 485 g/mol. The summed E-state index contributed by atoms with van der Waals surface area (Å²) < 4.78 is 10.2. The summed E-state index contributed by atoms with van der Waals surface area (Å²) in [6, 6.07) is 15.9. The molecule has 5 rings (SSSR count). The summed E-state index contributed by atoms with van der Waals surface area (Å²) in [7, 11) is 3.09. The van der Waals surface area contributed by atoms with E-state index >= 15 is 0 Å². The maximum atomic E-state index is 14.0. The van der Waals surface area contributed by atoms with E-state index in [4.69, 9.17) is 14.5 Å². The Morgan fingerprint density at radius 1 is 1.00 bits per heavy atom. The Labute approximate surface area is 211 Å². The first-order valence-corrected chi connectivity index (χ1v) is 12.6. The standard InChI is InChI=1S/C30H32N2O4/c1-19-16-22(18-20-8-10-23(35-2)11-9-20)28-25(17-19)27(24-6-4-5-7-26(24)31-28)29(33)32-14-12-21(13-15-32)30(34)36-3/h4-11,18-19,21H,12-17H2,1-3H3/b22-18+. The summed E-state index contributed by atoms with van der Waals surface area (Å²) in [5, 5.41) is 0.897. The third-order valence-electron chi connectivity index (χ3n) is 7.41. The lowest BCUT2D eigenvalue weighted by Gasteiger charge is -2.33. The molecule has 186 valence electrons. The van der Waals surface area contributed by atoms with Crippen LogP contribution in [0.3, 0.4) is 0 Å². The largest absolute Gasteiger partial charge is 0.497 e. The molecule has 36 heavy (non-hydrogen) atoms. The highest BCUT2D eigenvalue weighted by Gasteiger charge is 2.33. The van der Waals surface area contributed by atoms with Gasteiger partial charge in [0.2, 0.25) is 0 Å². The molecule has 0 bridgehead atoms. The summed E-state index contributed by atoms with van der Waals surface area (Å²) in [4.78, 5) is 33.0. The van der Waals surface area contributed by atoms with Crippen molar-refractivity contribution in [2.45, 2.75) is 32.6 Å². The summed E-state index contributed by atoms with van der Waals surface area (Å²) in [5.41, 5.74) is 5.79. The highest BCUT2D eigenvalue weighted by atomic mass is 16.5. The Morgan fingerprint density at radius 2 is 1.72 bits per heavy atom. The Bertz CT molecular complexity index is 1320. The van der Waals surface area contributed by atoms with Crippen LogP contribution in [0, 0.1) is 11.8 Å². The van der Waals surface area contributed by atoms with Gasteiger partial charge >= 0.3 is 5.97 Å². The third-order valence-corrected chi connectivity index (χ3v) is 7.41. The first-order chi connectivity index (χ1) is 17.5. The lowest BCUT2D eigenvalue weighted by molar-refractivity contribution is -0.146. The maximum Gasteiger partial charge on any atom is 0.308 e. The van der Waals surface area contributed by atoms with Crippen LogP contribution in [0.4, 0.5) is 0 Å². The van der Waals surface area contributed by atoms with Gasteiger partial charge in [-0.1, -0.05) is 37.3 Å². The average Bonchev–Trinajstić information content (AvgIpc) is 2.91. The van der Waals surface area contributed by atoms with Crippen molar-refractivity contribution in [3.05, 3.63) is 70.9 Å². The number of hydrogen-bond donors (Lipinski definition) is 0. The Balaban J connectivity index is 1.57. The van der Waals surface area contributed by atoms with Crippen LogP contribution in [0.2, 0.25) is 0 Å². The van der Waals surface area contributed by atoms with Crippen LogP contribution >= 0.6 is 0 Å². The first-order valence-electron chi connectivity index (χ1n) is 12.6. The Kier molecular flexibility index (Phi) is 6.77. The van der Waals surface area contributed by atoms with Crippen LogP contribution in [0.1, 0.15) is 53.4 Å². The topological polar surface area (TPSA) is 68.7 Å². The Hall–Kier alpha value is -3.67. The molecule has 1 atom stereocenters. The van der Waals surface area contributed by atoms with E-state index in [-0.39, 0.29) is 17.8 Å². The maximum absolute atomic E-state index is 14.0. The lowest BCUT2D eigenvalue weighted by Crippen LogP contribution is -2.41. The van der Waals surface area contributed by atoms with Gasteiger partial charge in [-0.15, -0.1) is 0 Å². The number of hydrogen-bond acceptors (Lipinski definition) is 5. The number of rotatable bonds is 4. The number of nitrogens with zero attached hydrogens (tertiary/aromatic N) is 2. The van der Waals surface area contributed by atoms with Gasteiger partial charge in [-0.2, -0.15) is 0 Å². The summed E-state index contributed by atoms with van der Waals surface area (Å²) in [6.45, 7) is 3.33. The van der Waals surface area contributed by atoms with Gasteiger partial charge in [-0.05, 0) is 72.6 Å². The van der Waals surface area contributed by atoms with Crippen LogP contribution in [0.5, 0.6) is 5.75 Å². The lowest BCUT2D eigenvalue weighted by atomic mass is 9.80. The van der Waals surface area contributed by atoms with E-state index in [0.717, 1.165) is 57.5 Å². The van der Waals surface area contributed by atoms with Crippen molar-refractivity contribution in [1.29, 1.82) is 0 Å². The second-order valence-corrected chi connectivity index (χ2v) is 9.88. The monoisotopic (exact) mass is 484 g/mol. The molecule has 0 spiro atoms. The summed E-state index contributed by atoms with van der Waals surface area (Å²) in [6.07, 6.45) is 5.16. The normalized spacial score (nSPS) is 19.2. The molecule has 1 fully saturated rings. The van der Waals surface area contributed by atoms with E-state index in [2.05, 4.69) is 13.0 Å². The molecule has 1 saturated heterocycles. The van der Waals surface area contributed by atoms with E-state index in [1.54, 1.807) is 7.11 Å². The number of para-hydroxylation sites is 1. The SMILES string of the molecule is COC(=O)C1CCN(C(=O)c2c3c(nc4ccccc24)/C(=C/c2ccc(OC)cc2)CC(C)C3)CC1. The van der Waals surface area contributed by atoms with Gasteiger partial charge in [0.1, 0.15) is 5.75 Å². The number of esters is 1. The second-order valence-electron chi connectivity index (χ2n) is 9.88. The van der Waals surface area contributed by atoms with Crippen molar-refractivity contribution in [2.24, 2.45) is 11.8 Å². The van der Waals surface area contributed by atoms with Gasteiger partial charge in [0.25, 0.3) is 5.91 Å². The number of carbonyl (C=O) groups is 2. The Morgan fingerprint density at radius 3 is 2.42 bits per heavy atom. The molecule has 0 radical (unpaired) electrons. The van der Waals surface area contributed by atoms with Crippen molar-refractivity contribution < 1.29 is 19.1 Å². The molecule has 3 aromatic rings. The van der Waals surface area contributed by atoms with Crippen molar-refractivity contribution in [3.63, 3.8) is 0 Å². The predicted molar refractivity (Wildman–Crippen MR) is 141 cm³/mol. The molecule has 2 aromatic carbocycles. The second kappa shape index (κ2) is 10.1. The number of amides is 1. The molecule has 1 aliphatic carbocycles. The zero-order valence-electron chi connectivity index (χ0n) is 21.1. The van der Waals surface area contributed by atoms with Crippen LogP contribution in [-0.4, -0.2) is 49.1 Å². The van der Waals surface area contributed by atoms with Gasteiger partial charge in [-0.3, -0.25) is 9.59 Å². The van der Waals surface area contributed by atoms with Gasteiger partial charge < -0.3 is 14.4 Å². The van der Waals surface area contributed by atoms with E-state index in [1.165, 1.54) is 7.11 Å². The van der Waals surface area contributed by atoms with Crippen LogP contribution in [0.25, 0.3) is 22.6 Å². The van der Waals surface area contributed by atoms with Gasteiger partial charge in [0, 0.05) is 18.5 Å². The molecule has 1 amide bonds. The highest BCUT2D eigenvalue weighted by Crippen LogP contribution is 2.39. The number of methoxy groups -OCH3 is 2. The summed E-state index contributed by atoms with van der Waals surface area (Å²) >= 11 is 0. The number of likely N-dealkylation sites (tertiary alicyclic amines) is 1. The number of allylic oxidation sites excluding steroid dienone is 1. The molecule has 0 N–H and O–H groups in total. The molecule has 1 aliphatic heterocycles. The number of benzene rings is 2. The fourth-order valence-corrected chi connectivity index (χ4v) is 5.52.